The molecule has 3 N–H and O–H groups in total. The van der Waals surface area contributed by atoms with Crippen molar-refractivity contribution in [2.24, 2.45) is 0 Å². The lowest BCUT2D eigenvalue weighted by atomic mass is 10.1. The zero-order chi connectivity index (χ0) is 10.1. The van der Waals surface area contributed by atoms with Crippen LogP contribution in [0.4, 0.5) is 6.01 Å². The Hall–Kier alpha value is -1.97. The van der Waals surface area contributed by atoms with Gasteiger partial charge in [-0.15, -0.1) is 0 Å². The van der Waals surface area contributed by atoms with E-state index in [4.69, 9.17) is 10.2 Å². The molecule has 14 heavy (non-hydrogen) atoms. The average Bonchev–Trinajstić information content (AvgIpc) is 2.45. The SMILES string of the molecule is Cc1nc(N)oc1-c1cccc(O)c1. The number of nitrogens with two attached hydrogens (primary N) is 1. The molecule has 0 saturated carbocycles. The third-order valence-electron chi connectivity index (χ3n) is 1.92. The Balaban J connectivity index is 2.54. The second-order valence-electron chi connectivity index (χ2n) is 3.02. The van der Waals surface area contributed by atoms with Crippen molar-refractivity contribution in [1.29, 1.82) is 0 Å². The molecule has 0 aliphatic rings. The van der Waals surface area contributed by atoms with Gasteiger partial charge in [0.15, 0.2) is 5.76 Å². The summed E-state index contributed by atoms with van der Waals surface area (Å²) in [5.74, 6) is 0.787. The van der Waals surface area contributed by atoms with Gasteiger partial charge >= 0.3 is 0 Å². The van der Waals surface area contributed by atoms with Crippen LogP contribution in [0.25, 0.3) is 11.3 Å². The number of phenols is 1. The minimum atomic E-state index is 0.140. The largest absolute Gasteiger partial charge is 0.508 e. The van der Waals surface area contributed by atoms with Gasteiger partial charge in [0, 0.05) is 5.56 Å². The van der Waals surface area contributed by atoms with Crippen LogP contribution in [0.5, 0.6) is 5.75 Å². The average molecular weight is 190 g/mol. The highest BCUT2D eigenvalue weighted by molar-refractivity contribution is 5.62. The van der Waals surface area contributed by atoms with Gasteiger partial charge in [0.25, 0.3) is 6.01 Å². The number of hydrogen-bond acceptors (Lipinski definition) is 4. The van der Waals surface area contributed by atoms with Crippen LogP contribution in [-0.2, 0) is 0 Å². The number of nitrogens with zero attached hydrogens (tertiary/aromatic N) is 1. The Morgan fingerprint density at radius 1 is 1.43 bits per heavy atom. The van der Waals surface area contributed by atoms with Gasteiger partial charge in [0.2, 0.25) is 0 Å². The van der Waals surface area contributed by atoms with Crippen LogP contribution < -0.4 is 5.73 Å². The highest BCUT2D eigenvalue weighted by atomic mass is 16.4. The summed E-state index contributed by atoms with van der Waals surface area (Å²) in [6.45, 7) is 1.80. The molecule has 0 unspecified atom stereocenters. The van der Waals surface area contributed by atoms with Crippen molar-refractivity contribution < 1.29 is 9.52 Å². The molecule has 4 nitrogen and oxygen atoms in total. The van der Waals surface area contributed by atoms with Crippen molar-refractivity contribution in [2.45, 2.75) is 6.92 Å². The standard InChI is InChI=1S/C10H10N2O2/c1-6-9(14-10(11)12-6)7-3-2-4-8(13)5-7/h2-5,13H,1H3,(H2,11,12). The molecule has 1 heterocycles. The van der Waals surface area contributed by atoms with E-state index in [1.54, 1.807) is 25.1 Å². The lowest BCUT2D eigenvalue weighted by Crippen LogP contribution is -1.81. The number of oxazole rings is 1. The van der Waals surface area contributed by atoms with Gasteiger partial charge in [-0.2, -0.15) is 4.98 Å². The predicted octanol–water partition coefficient (Wildman–Crippen LogP) is 1.94. The number of aryl methyl sites for hydroxylation is 1. The molecule has 4 heteroatoms. The van der Waals surface area contributed by atoms with Crippen molar-refractivity contribution in [2.75, 3.05) is 5.73 Å². The van der Waals surface area contributed by atoms with E-state index < -0.39 is 0 Å². The summed E-state index contributed by atoms with van der Waals surface area (Å²) in [6.07, 6.45) is 0. The maximum absolute atomic E-state index is 9.28. The van der Waals surface area contributed by atoms with Crippen LogP contribution in [0.3, 0.4) is 0 Å². The molecule has 0 saturated heterocycles. The van der Waals surface area contributed by atoms with Gasteiger partial charge in [-0.3, -0.25) is 0 Å². The summed E-state index contributed by atoms with van der Waals surface area (Å²) >= 11 is 0. The quantitative estimate of drug-likeness (QED) is 0.720. The molecule has 0 aliphatic carbocycles. The summed E-state index contributed by atoms with van der Waals surface area (Å²) in [6, 6.07) is 6.90. The Bertz CT molecular complexity index is 463. The summed E-state index contributed by atoms with van der Waals surface area (Å²) < 4.78 is 5.21. The van der Waals surface area contributed by atoms with E-state index in [1.807, 2.05) is 6.07 Å². The second-order valence-corrected chi connectivity index (χ2v) is 3.02. The van der Waals surface area contributed by atoms with E-state index in [2.05, 4.69) is 4.98 Å². The van der Waals surface area contributed by atoms with Crippen LogP contribution in [-0.4, -0.2) is 10.1 Å². The van der Waals surface area contributed by atoms with Crippen LogP contribution in [0.1, 0.15) is 5.69 Å². The normalized spacial score (nSPS) is 10.4. The Kier molecular flexibility index (Phi) is 1.89. The predicted molar refractivity (Wildman–Crippen MR) is 52.8 cm³/mol. The Labute approximate surface area is 81.0 Å². The first-order valence-corrected chi connectivity index (χ1v) is 4.19. The maximum atomic E-state index is 9.28. The van der Waals surface area contributed by atoms with Crippen LogP contribution in [0.2, 0.25) is 0 Å². The fourth-order valence-electron chi connectivity index (χ4n) is 1.33. The molecule has 0 aliphatic heterocycles. The van der Waals surface area contributed by atoms with E-state index in [9.17, 15) is 5.11 Å². The molecule has 1 aromatic heterocycles. The third-order valence-corrected chi connectivity index (χ3v) is 1.92. The van der Waals surface area contributed by atoms with Crippen molar-refractivity contribution in [3.05, 3.63) is 30.0 Å². The summed E-state index contributed by atoms with van der Waals surface area (Å²) in [4.78, 5) is 3.95. The molecule has 2 rings (SSSR count). The molecular formula is C10H10N2O2. The second kappa shape index (κ2) is 3.06. The lowest BCUT2D eigenvalue weighted by Gasteiger charge is -1.97. The highest BCUT2D eigenvalue weighted by Gasteiger charge is 2.09. The van der Waals surface area contributed by atoms with Crippen LogP contribution in [0, 0.1) is 6.92 Å². The number of hydrogen-bond donors (Lipinski definition) is 2. The smallest absolute Gasteiger partial charge is 0.292 e. The molecule has 0 amide bonds. The molecule has 0 radical (unpaired) electrons. The van der Waals surface area contributed by atoms with E-state index >= 15 is 0 Å². The molecule has 0 bridgehead atoms. The van der Waals surface area contributed by atoms with Crippen LogP contribution in [0.15, 0.2) is 28.7 Å². The topological polar surface area (TPSA) is 72.3 Å². The first-order valence-electron chi connectivity index (χ1n) is 4.19. The van der Waals surface area contributed by atoms with Gasteiger partial charge in [-0.1, -0.05) is 12.1 Å². The van der Waals surface area contributed by atoms with Crippen molar-refractivity contribution in [3.63, 3.8) is 0 Å². The Morgan fingerprint density at radius 2 is 2.21 bits per heavy atom. The van der Waals surface area contributed by atoms with Crippen molar-refractivity contribution in [1.82, 2.24) is 4.98 Å². The lowest BCUT2D eigenvalue weighted by molar-refractivity contribution is 0.475. The number of rotatable bonds is 1. The maximum Gasteiger partial charge on any atom is 0.292 e. The first-order chi connectivity index (χ1) is 6.66. The van der Waals surface area contributed by atoms with Gasteiger partial charge in [-0.25, -0.2) is 0 Å². The minimum absolute atomic E-state index is 0.140. The van der Waals surface area contributed by atoms with E-state index in [1.165, 1.54) is 0 Å². The fourth-order valence-corrected chi connectivity index (χ4v) is 1.33. The number of nitrogen functional groups attached to an aromatic ring is 1. The molecular weight excluding hydrogens is 180 g/mol. The number of phenolic OH excluding ortho intramolecular Hbond substituents is 1. The fraction of sp³-hybridized carbons (Fsp3) is 0.100. The van der Waals surface area contributed by atoms with Gasteiger partial charge in [-0.05, 0) is 19.1 Å². The van der Waals surface area contributed by atoms with Crippen LogP contribution >= 0.6 is 0 Å². The highest BCUT2D eigenvalue weighted by Crippen LogP contribution is 2.27. The molecule has 1 aromatic carbocycles. The van der Waals surface area contributed by atoms with Gasteiger partial charge in [0.05, 0.1) is 5.69 Å². The van der Waals surface area contributed by atoms with Gasteiger partial charge in [0.1, 0.15) is 5.75 Å². The number of anilines is 1. The molecule has 0 fully saturated rings. The van der Waals surface area contributed by atoms with Crippen molar-refractivity contribution in [3.8, 4) is 17.1 Å². The zero-order valence-corrected chi connectivity index (χ0v) is 7.69. The molecule has 0 spiro atoms. The van der Waals surface area contributed by atoms with E-state index in [-0.39, 0.29) is 11.8 Å². The number of benzene rings is 1. The Morgan fingerprint density at radius 3 is 2.79 bits per heavy atom. The molecule has 2 aromatic rings. The molecule has 0 atom stereocenters. The minimum Gasteiger partial charge on any atom is -0.508 e. The number of aromatic nitrogens is 1. The van der Waals surface area contributed by atoms with Gasteiger partial charge < -0.3 is 15.3 Å². The zero-order valence-electron chi connectivity index (χ0n) is 7.69. The summed E-state index contributed by atoms with van der Waals surface area (Å²) in [5, 5.41) is 9.28. The summed E-state index contributed by atoms with van der Waals surface area (Å²) in [7, 11) is 0. The number of aromatic hydroxyl groups is 1. The molecule has 72 valence electrons. The van der Waals surface area contributed by atoms with E-state index in [0.29, 0.717) is 11.5 Å². The van der Waals surface area contributed by atoms with Crippen molar-refractivity contribution >= 4 is 6.01 Å². The summed E-state index contributed by atoms with van der Waals surface area (Å²) in [5.41, 5.74) is 6.90. The first kappa shape index (κ1) is 8.62. The third kappa shape index (κ3) is 1.42. The monoisotopic (exact) mass is 190 g/mol. The van der Waals surface area contributed by atoms with E-state index in [0.717, 1.165) is 5.56 Å².